The zero-order valence-electron chi connectivity index (χ0n) is 13.2. The lowest BCUT2D eigenvalue weighted by Gasteiger charge is -2.21. The normalized spacial score (nSPS) is 16.5. The van der Waals surface area contributed by atoms with E-state index in [1.54, 1.807) is 12.1 Å². The Morgan fingerprint density at radius 3 is 2.32 bits per heavy atom. The van der Waals surface area contributed by atoms with Crippen LogP contribution in [0, 0.1) is 0 Å². The van der Waals surface area contributed by atoms with Crippen molar-refractivity contribution in [2.45, 2.75) is 57.6 Å². The van der Waals surface area contributed by atoms with Crippen molar-refractivity contribution in [3.05, 3.63) is 29.8 Å². The van der Waals surface area contributed by atoms with E-state index < -0.39 is 5.60 Å². The van der Waals surface area contributed by atoms with E-state index in [1.165, 1.54) is 0 Å². The van der Waals surface area contributed by atoms with Crippen molar-refractivity contribution in [2.75, 3.05) is 5.32 Å². The second-order valence-electron chi connectivity index (χ2n) is 6.29. The van der Waals surface area contributed by atoms with Gasteiger partial charge in [0.25, 0.3) is 5.91 Å². The summed E-state index contributed by atoms with van der Waals surface area (Å²) in [6, 6.07) is 7.27. The SMILES string of the molecule is CC(C)NC(=O)Cc1ccc(NC(=O)C2(O)CCCC2)cc1. The molecule has 1 saturated carbocycles. The van der Waals surface area contributed by atoms with Gasteiger partial charge in [0.05, 0.1) is 6.42 Å². The van der Waals surface area contributed by atoms with E-state index in [9.17, 15) is 14.7 Å². The zero-order valence-corrected chi connectivity index (χ0v) is 13.2. The molecule has 0 aliphatic heterocycles. The Labute approximate surface area is 131 Å². The lowest BCUT2D eigenvalue weighted by Crippen LogP contribution is -2.40. The third-order valence-electron chi connectivity index (χ3n) is 3.88. The van der Waals surface area contributed by atoms with E-state index in [0.717, 1.165) is 18.4 Å². The van der Waals surface area contributed by atoms with Crippen LogP contribution in [0.5, 0.6) is 0 Å². The van der Waals surface area contributed by atoms with Gasteiger partial charge in [-0.05, 0) is 57.2 Å². The van der Waals surface area contributed by atoms with Crippen LogP contribution in [-0.4, -0.2) is 28.6 Å². The van der Waals surface area contributed by atoms with Gasteiger partial charge < -0.3 is 15.7 Å². The fourth-order valence-electron chi connectivity index (χ4n) is 2.70. The van der Waals surface area contributed by atoms with Crippen LogP contribution in [0.2, 0.25) is 0 Å². The monoisotopic (exact) mass is 304 g/mol. The maximum absolute atomic E-state index is 12.1. The third kappa shape index (κ3) is 4.31. The van der Waals surface area contributed by atoms with Gasteiger partial charge in [-0.2, -0.15) is 0 Å². The number of carbonyl (C=O) groups excluding carboxylic acids is 2. The Hall–Kier alpha value is -1.88. The Morgan fingerprint density at radius 1 is 1.18 bits per heavy atom. The van der Waals surface area contributed by atoms with Crippen molar-refractivity contribution in [1.82, 2.24) is 5.32 Å². The molecular weight excluding hydrogens is 280 g/mol. The number of aliphatic hydroxyl groups is 1. The number of hydrogen-bond donors (Lipinski definition) is 3. The van der Waals surface area contributed by atoms with Crippen LogP contribution in [-0.2, 0) is 16.0 Å². The highest BCUT2D eigenvalue weighted by Gasteiger charge is 2.38. The van der Waals surface area contributed by atoms with Crippen molar-refractivity contribution in [3.63, 3.8) is 0 Å². The van der Waals surface area contributed by atoms with Gasteiger partial charge >= 0.3 is 0 Å². The summed E-state index contributed by atoms with van der Waals surface area (Å²) in [4.78, 5) is 23.8. The van der Waals surface area contributed by atoms with Crippen molar-refractivity contribution in [1.29, 1.82) is 0 Å². The molecule has 1 aliphatic rings. The Bertz CT molecular complexity index is 531. The maximum atomic E-state index is 12.1. The molecule has 3 N–H and O–H groups in total. The fraction of sp³-hybridized carbons (Fsp3) is 0.529. The van der Waals surface area contributed by atoms with E-state index in [-0.39, 0.29) is 17.9 Å². The van der Waals surface area contributed by atoms with Crippen LogP contribution in [0.1, 0.15) is 45.1 Å². The number of rotatable bonds is 5. The van der Waals surface area contributed by atoms with Gasteiger partial charge in [-0.3, -0.25) is 9.59 Å². The summed E-state index contributed by atoms with van der Waals surface area (Å²) < 4.78 is 0. The number of nitrogens with one attached hydrogen (secondary N) is 2. The van der Waals surface area contributed by atoms with E-state index in [1.807, 2.05) is 26.0 Å². The predicted molar refractivity (Wildman–Crippen MR) is 85.5 cm³/mol. The summed E-state index contributed by atoms with van der Waals surface area (Å²) >= 11 is 0. The second-order valence-corrected chi connectivity index (χ2v) is 6.29. The van der Waals surface area contributed by atoms with Crippen LogP contribution in [0.4, 0.5) is 5.69 Å². The lowest BCUT2D eigenvalue weighted by atomic mass is 10.0. The van der Waals surface area contributed by atoms with E-state index in [4.69, 9.17) is 0 Å². The van der Waals surface area contributed by atoms with Gasteiger partial charge in [0.1, 0.15) is 5.60 Å². The van der Waals surface area contributed by atoms with Crippen molar-refractivity contribution >= 4 is 17.5 Å². The molecule has 2 amide bonds. The second kappa shape index (κ2) is 6.92. The van der Waals surface area contributed by atoms with Gasteiger partial charge in [0.2, 0.25) is 5.91 Å². The number of carbonyl (C=O) groups is 2. The van der Waals surface area contributed by atoms with E-state index in [0.29, 0.717) is 24.9 Å². The molecular formula is C17H24N2O3. The van der Waals surface area contributed by atoms with Crippen LogP contribution in [0.15, 0.2) is 24.3 Å². The Kier molecular flexibility index (Phi) is 5.19. The average molecular weight is 304 g/mol. The largest absolute Gasteiger partial charge is 0.380 e. The first kappa shape index (κ1) is 16.5. The first-order valence-corrected chi connectivity index (χ1v) is 7.81. The molecule has 1 fully saturated rings. The molecule has 1 aromatic carbocycles. The summed E-state index contributed by atoms with van der Waals surface area (Å²) in [7, 11) is 0. The average Bonchev–Trinajstić information content (AvgIpc) is 2.88. The minimum Gasteiger partial charge on any atom is -0.380 e. The Morgan fingerprint density at radius 2 is 1.77 bits per heavy atom. The smallest absolute Gasteiger partial charge is 0.256 e. The van der Waals surface area contributed by atoms with Gasteiger partial charge in [0, 0.05) is 11.7 Å². The first-order chi connectivity index (χ1) is 10.4. The van der Waals surface area contributed by atoms with Gasteiger partial charge in [-0.1, -0.05) is 12.1 Å². The first-order valence-electron chi connectivity index (χ1n) is 7.81. The third-order valence-corrected chi connectivity index (χ3v) is 3.88. The van der Waals surface area contributed by atoms with Crippen molar-refractivity contribution in [2.24, 2.45) is 0 Å². The molecule has 0 atom stereocenters. The summed E-state index contributed by atoms with van der Waals surface area (Å²) in [6.45, 7) is 3.84. The molecule has 1 aromatic rings. The molecule has 0 bridgehead atoms. The molecule has 0 aromatic heterocycles. The van der Waals surface area contributed by atoms with E-state index >= 15 is 0 Å². The number of anilines is 1. The molecule has 0 saturated heterocycles. The molecule has 5 nitrogen and oxygen atoms in total. The van der Waals surface area contributed by atoms with Crippen molar-refractivity contribution < 1.29 is 14.7 Å². The van der Waals surface area contributed by atoms with Crippen molar-refractivity contribution in [3.8, 4) is 0 Å². The summed E-state index contributed by atoms with van der Waals surface area (Å²) in [5, 5.41) is 15.8. The molecule has 120 valence electrons. The van der Waals surface area contributed by atoms with E-state index in [2.05, 4.69) is 10.6 Å². The number of hydrogen-bond acceptors (Lipinski definition) is 3. The molecule has 1 aliphatic carbocycles. The Balaban J connectivity index is 1.91. The standard InChI is InChI=1S/C17H24N2O3/c1-12(2)18-15(20)11-13-5-7-14(8-6-13)19-16(21)17(22)9-3-4-10-17/h5-8,12,22H,3-4,9-11H2,1-2H3,(H,18,20)(H,19,21). The quantitative estimate of drug-likeness (QED) is 0.778. The summed E-state index contributed by atoms with van der Waals surface area (Å²) in [5.74, 6) is -0.359. The molecule has 0 spiro atoms. The lowest BCUT2D eigenvalue weighted by molar-refractivity contribution is -0.133. The fourth-order valence-corrected chi connectivity index (χ4v) is 2.70. The molecule has 0 radical (unpaired) electrons. The highest BCUT2D eigenvalue weighted by atomic mass is 16.3. The van der Waals surface area contributed by atoms with Crippen LogP contribution in [0.3, 0.4) is 0 Å². The highest BCUT2D eigenvalue weighted by Crippen LogP contribution is 2.30. The van der Waals surface area contributed by atoms with Crippen LogP contribution >= 0.6 is 0 Å². The van der Waals surface area contributed by atoms with Crippen LogP contribution < -0.4 is 10.6 Å². The minimum atomic E-state index is -1.23. The molecule has 5 heteroatoms. The minimum absolute atomic E-state index is 0.0212. The summed E-state index contributed by atoms with van der Waals surface area (Å²) in [6.07, 6.45) is 3.12. The van der Waals surface area contributed by atoms with Crippen LogP contribution in [0.25, 0.3) is 0 Å². The van der Waals surface area contributed by atoms with Gasteiger partial charge in [-0.15, -0.1) is 0 Å². The zero-order chi connectivity index (χ0) is 16.2. The molecule has 2 rings (SSSR count). The number of benzene rings is 1. The molecule has 0 heterocycles. The maximum Gasteiger partial charge on any atom is 0.256 e. The highest BCUT2D eigenvalue weighted by molar-refractivity contribution is 5.97. The summed E-state index contributed by atoms with van der Waals surface area (Å²) in [5.41, 5.74) is 0.296. The predicted octanol–water partition coefficient (Wildman–Crippen LogP) is 2.00. The molecule has 0 unspecified atom stereocenters. The number of amides is 2. The van der Waals surface area contributed by atoms with Gasteiger partial charge in [0.15, 0.2) is 0 Å². The molecule has 22 heavy (non-hydrogen) atoms. The topological polar surface area (TPSA) is 78.4 Å². The van der Waals surface area contributed by atoms with Gasteiger partial charge in [-0.25, -0.2) is 0 Å².